The lowest BCUT2D eigenvalue weighted by molar-refractivity contribution is -0.138. The van der Waals surface area contributed by atoms with Crippen molar-refractivity contribution in [3.05, 3.63) is 34.6 Å². The molecule has 4 heterocycles. The predicted molar refractivity (Wildman–Crippen MR) is 111 cm³/mol. The van der Waals surface area contributed by atoms with Gasteiger partial charge in [-0.3, -0.25) is 4.79 Å². The summed E-state index contributed by atoms with van der Waals surface area (Å²) >= 11 is 4.53. The number of sulfonamides is 1. The maximum Gasteiger partial charge on any atom is 0.252 e. The van der Waals surface area contributed by atoms with Gasteiger partial charge in [-0.1, -0.05) is 0 Å². The summed E-state index contributed by atoms with van der Waals surface area (Å²) in [6.07, 6.45) is 8.85. The van der Waals surface area contributed by atoms with Crippen LogP contribution in [0.5, 0.6) is 0 Å². The topological polar surface area (TPSA) is 75.5 Å². The van der Waals surface area contributed by atoms with Crippen LogP contribution in [-0.2, 0) is 14.8 Å². The minimum absolute atomic E-state index is 0.0938. The van der Waals surface area contributed by atoms with Crippen LogP contribution in [0.2, 0.25) is 0 Å². The summed E-state index contributed by atoms with van der Waals surface area (Å²) in [4.78, 5) is 19.1. The van der Waals surface area contributed by atoms with Crippen molar-refractivity contribution < 1.29 is 13.2 Å². The predicted octanol–water partition coefficient (Wildman–Crippen LogP) is 2.97. The lowest BCUT2D eigenvalue weighted by Crippen LogP contribution is -2.48. The molecule has 0 radical (unpaired) electrons. The number of thiophene rings is 1. The van der Waals surface area contributed by atoms with Gasteiger partial charge in [0, 0.05) is 44.6 Å². The molecular weight excluding hydrogens is 464 g/mol. The van der Waals surface area contributed by atoms with Gasteiger partial charge in [0.15, 0.2) is 0 Å². The number of hydrogen-bond donors (Lipinski definition) is 0. The summed E-state index contributed by atoms with van der Waals surface area (Å²) in [6, 6.07) is 3.75. The highest BCUT2D eigenvalue weighted by atomic mass is 79.9. The Morgan fingerprint density at radius 2 is 1.96 bits per heavy atom. The van der Waals surface area contributed by atoms with Crippen LogP contribution >= 0.6 is 27.3 Å². The first-order valence-corrected chi connectivity index (χ1v) is 12.5. The summed E-state index contributed by atoms with van der Waals surface area (Å²) in [7, 11) is -3.54. The van der Waals surface area contributed by atoms with Gasteiger partial charge >= 0.3 is 0 Å². The highest BCUT2D eigenvalue weighted by Crippen LogP contribution is 2.32. The maximum atomic E-state index is 13.0. The van der Waals surface area contributed by atoms with Crippen molar-refractivity contribution in [2.75, 3.05) is 26.2 Å². The number of rotatable bonds is 4. The first-order chi connectivity index (χ1) is 13.4. The summed E-state index contributed by atoms with van der Waals surface area (Å²) in [6.45, 7) is 2.17. The van der Waals surface area contributed by atoms with Crippen LogP contribution in [0.15, 0.2) is 38.8 Å². The smallest absolute Gasteiger partial charge is 0.252 e. The average molecular weight is 487 g/mol. The van der Waals surface area contributed by atoms with E-state index >= 15 is 0 Å². The second kappa shape index (κ2) is 8.25. The Kier molecular flexibility index (Phi) is 5.91. The fourth-order valence-electron chi connectivity index (χ4n) is 4.05. The maximum absolute atomic E-state index is 13.0. The molecule has 7 nitrogen and oxygen atoms in total. The van der Waals surface area contributed by atoms with Crippen LogP contribution in [0.4, 0.5) is 0 Å². The van der Waals surface area contributed by atoms with Gasteiger partial charge in [-0.25, -0.2) is 13.4 Å². The Bertz CT molecular complexity index is 921. The Balaban J connectivity index is 1.39. The molecule has 0 saturated carbocycles. The molecule has 0 aliphatic carbocycles. The number of carbonyl (C=O) groups excluding carboxylic acids is 1. The Labute approximate surface area is 177 Å². The van der Waals surface area contributed by atoms with Crippen LogP contribution in [0.25, 0.3) is 0 Å². The third-order valence-corrected chi connectivity index (χ3v) is 9.55. The van der Waals surface area contributed by atoms with Gasteiger partial charge in [-0.05, 0) is 53.7 Å². The zero-order valence-electron chi connectivity index (χ0n) is 15.4. The SMILES string of the molecule is O=C(C1CCCN(S(=O)(=O)c2ccc(Br)s2)C1)N1CCC(n2ccnc2)CC1. The van der Waals surface area contributed by atoms with Gasteiger partial charge in [-0.15, -0.1) is 11.3 Å². The fourth-order valence-corrected chi connectivity index (χ4v) is 7.74. The molecule has 4 rings (SSSR count). The van der Waals surface area contributed by atoms with Crippen LogP contribution in [0.3, 0.4) is 0 Å². The van der Waals surface area contributed by atoms with Crippen molar-refractivity contribution in [2.24, 2.45) is 5.92 Å². The molecule has 152 valence electrons. The van der Waals surface area contributed by atoms with E-state index in [9.17, 15) is 13.2 Å². The normalized spacial score (nSPS) is 22.5. The van der Waals surface area contributed by atoms with Crippen LogP contribution in [-0.4, -0.2) is 59.3 Å². The lowest BCUT2D eigenvalue weighted by atomic mass is 9.96. The van der Waals surface area contributed by atoms with Crippen LogP contribution in [0, 0.1) is 5.92 Å². The molecule has 0 spiro atoms. The van der Waals surface area contributed by atoms with E-state index in [1.54, 1.807) is 18.3 Å². The monoisotopic (exact) mass is 486 g/mol. The summed E-state index contributed by atoms with van der Waals surface area (Å²) in [5.41, 5.74) is 0. The second-order valence-corrected chi connectivity index (χ2v) is 12.0. The molecule has 0 bridgehead atoms. The third kappa shape index (κ3) is 4.05. The number of amides is 1. The van der Waals surface area contributed by atoms with Gasteiger partial charge in [0.2, 0.25) is 5.91 Å². The van der Waals surface area contributed by atoms with Crippen molar-refractivity contribution in [1.29, 1.82) is 0 Å². The van der Waals surface area contributed by atoms with E-state index in [4.69, 9.17) is 0 Å². The van der Waals surface area contributed by atoms with Crippen LogP contribution in [0.1, 0.15) is 31.7 Å². The van der Waals surface area contributed by atoms with Gasteiger partial charge < -0.3 is 9.47 Å². The van der Waals surface area contributed by atoms with E-state index in [1.165, 1.54) is 15.6 Å². The van der Waals surface area contributed by atoms with Gasteiger partial charge in [0.05, 0.1) is 16.0 Å². The molecule has 1 amide bonds. The first-order valence-electron chi connectivity index (χ1n) is 9.47. The third-order valence-electron chi connectivity index (χ3n) is 5.60. The molecule has 0 aromatic carbocycles. The minimum Gasteiger partial charge on any atom is -0.342 e. The zero-order valence-corrected chi connectivity index (χ0v) is 18.6. The highest BCUT2D eigenvalue weighted by Gasteiger charge is 2.36. The van der Waals surface area contributed by atoms with Crippen molar-refractivity contribution in [3.63, 3.8) is 0 Å². The molecule has 2 fully saturated rings. The van der Waals surface area contributed by atoms with Gasteiger partial charge in [0.25, 0.3) is 10.0 Å². The van der Waals surface area contributed by atoms with E-state index in [0.717, 1.165) is 23.0 Å². The molecular formula is C18H23BrN4O3S2. The Morgan fingerprint density at radius 1 is 1.18 bits per heavy atom. The second-order valence-electron chi connectivity index (χ2n) is 7.33. The van der Waals surface area contributed by atoms with E-state index in [2.05, 4.69) is 25.5 Å². The lowest BCUT2D eigenvalue weighted by Gasteiger charge is -2.37. The van der Waals surface area contributed by atoms with Crippen molar-refractivity contribution in [2.45, 2.75) is 35.9 Å². The molecule has 2 saturated heterocycles. The van der Waals surface area contributed by atoms with Gasteiger partial charge in [0.1, 0.15) is 4.21 Å². The van der Waals surface area contributed by atoms with Gasteiger partial charge in [-0.2, -0.15) is 4.31 Å². The van der Waals surface area contributed by atoms with Crippen LogP contribution < -0.4 is 0 Å². The standard InChI is InChI=1S/C18H23BrN4O3S2/c19-16-3-4-17(27-16)28(25,26)23-8-1-2-14(12-23)18(24)21-9-5-15(6-10-21)22-11-7-20-13-22/h3-4,7,11,13-15H,1-2,5-6,8-10,12H2. The number of halogens is 1. The molecule has 2 aliphatic heterocycles. The molecule has 28 heavy (non-hydrogen) atoms. The summed E-state index contributed by atoms with van der Waals surface area (Å²) in [5.74, 6) is -0.159. The quantitative estimate of drug-likeness (QED) is 0.665. The Morgan fingerprint density at radius 3 is 2.61 bits per heavy atom. The molecule has 1 unspecified atom stereocenters. The minimum atomic E-state index is -3.54. The van der Waals surface area contributed by atoms with E-state index < -0.39 is 10.0 Å². The zero-order chi connectivity index (χ0) is 19.7. The number of nitrogens with zero attached hydrogens (tertiary/aromatic N) is 4. The number of hydrogen-bond acceptors (Lipinski definition) is 5. The summed E-state index contributed by atoms with van der Waals surface area (Å²) in [5, 5.41) is 0. The molecule has 2 aromatic heterocycles. The number of piperidine rings is 2. The van der Waals surface area contributed by atoms with E-state index in [-0.39, 0.29) is 18.4 Å². The first kappa shape index (κ1) is 20.1. The Hall–Kier alpha value is -1.23. The van der Waals surface area contributed by atoms with Crippen molar-refractivity contribution in [1.82, 2.24) is 18.8 Å². The number of imidazole rings is 1. The van der Waals surface area contributed by atoms with Crippen molar-refractivity contribution >= 4 is 43.2 Å². The molecule has 10 heteroatoms. The largest absolute Gasteiger partial charge is 0.342 e. The number of aromatic nitrogens is 2. The fraction of sp³-hybridized carbons (Fsp3) is 0.556. The molecule has 2 aliphatic rings. The van der Waals surface area contributed by atoms with Crippen molar-refractivity contribution in [3.8, 4) is 0 Å². The van der Waals surface area contributed by atoms with E-state index in [0.29, 0.717) is 36.3 Å². The molecule has 1 atom stereocenters. The number of likely N-dealkylation sites (tertiary alicyclic amines) is 1. The summed E-state index contributed by atoms with van der Waals surface area (Å²) < 4.78 is 30.5. The average Bonchev–Trinajstić information content (AvgIpc) is 3.40. The molecule has 0 N–H and O–H groups in total. The van der Waals surface area contributed by atoms with E-state index in [1.807, 2.05) is 17.4 Å². The number of carbonyl (C=O) groups is 1. The highest BCUT2D eigenvalue weighted by molar-refractivity contribution is 9.11. The molecule has 2 aromatic rings.